The van der Waals surface area contributed by atoms with Gasteiger partial charge in [0.1, 0.15) is 18.5 Å². The van der Waals surface area contributed by atoms with Gasteiger partial charge in [-0.05, 0) is 25.1 Å². The Morgan fingerprint density at radius 3 is 2.48 bits per heavy atom. The Balaban J connectivity index is 1.81. The summed E-state index contributed by atoms with van der Waals surface area (Å²) in [5.74, 6) is -1.57. The molecular weight excluding hydrogens is 357 g/mol. The number of fused-ring (bicyclic) bond motifs is 1. The molecule has 9 heteroatoms. The van der Waals surface area contributed by atoms with Gasteiger partial charge < -0.3 is 15.2 Å². The molecule has 2 aromatic rings. The molecule has 140 valence electrons. The molecule has 3 rings (SSSR count). The average Bonchev–Trinajstić information content (AvgIpc) is 2.87. The fourth-order valence-electron chi connectivity index (χ4n) is 2.67. The summed E-state index contributed by atoms with van der Waals surface area (Å²) in [4.78, 5) is 40.5. The Morgan fingerprint density at radius 2 is 1.89 bits per heavy atom. The third kappa shape index (κ3) is 3.86. The quantitative estimate of drug-likeness (QED) is 0.774. The third-order valence-corrected chi connectivity index (χ3v) is 3.87. The number of nitrogens with two attached hydrogens (primary N) is 1. The van der Waals surface area contributed by atoms with E-state index in [1.54, 1.807) is 31.2 Å². The van der Waals surface area contributed by atoms with Crippen molar-refractivity contribution in [2.45, 2.75) is 19.6 Å². The van der Waals surface area contributed by atoms with Crippen molar-refractivity contribution in [2.24, 2.45) is 5.73 Å². The second kappa shape index (κ2) is 7.40. The van der Waals surface area contributed by atoms with Gasteiger partial charge in [-0.25, -0.2) is 14.2 Å². The minimum absolute atomic E-state index is 0.0218. The number of hydrogen-bond acceptors (Lipinski definition) is 6. The molecule has 0 saturated carbocycles. The van der Waals surface area contributed by atoms with Gasteiger partial charge in [0, 0.05) is 5.56 Å². The number of nitrogens with zero attached hydrogens (tertiary/aromatic N) is 2. The highest BCUT2D eigenvalue weighted by Gasteiger charge is 2.35. The molecule has 1 aromatic heterocycles. The van der Waals surface area contributed by atoms with Gasteiger partial charge in [-0.1, -0.05) is 12.1 Å². The molecule has 0 fully saturated rings. The summed E-state index contributed by atoms with van der Waals surface area (Å²) >= 11 is 0. The minimum atomic E-state index is -0.955. The number of primary amides is 1. The zero-order valence-corrected chi connectivity index (χ0v) is 14.3. The van der Waals surface area contributed by atoms with Crippen LogP contribution >= 0.6 is 0 Å². The highest BCUT2D eigenvalue weighted by molar-refractivity contribution is 6.21. The Labute approximate surface area is 153 Å². The second-order valence-corrected chi connectivity index (χ2v) is 5.92. The molecule has 8 nitrogen and oxygen atoms in total. The summed E-state index contributed by atoms with van der Waals surface area (Å²) in [6, 6.07) is 7.56. The number of halogens is 1. The molecule has 0 unspecified atom stereocenters. The number of benzene rings is 1. The molecular formula is C18H16FN3O5. The minimum Gasteiger partial charge on any atom is -0.471 e. The lowest BCUT2D eigenvalue weighted by molar-refractivity contribution is 0.0635. The number of aromatic nitrogens is 1. The third-order valence-electron chi connectivity index (χ3n) is 3.87. The van der Waals surface area contributed by atoms with Crippen molar-refractivity contribution >= 4 is 17.9 Å². The van der Waals surface area contributed by atoms with Crippen LogP contribution in [0.4, 0.5) is 9.18 Å². The number of imide groups is 1. The summed E-state index contributed by atoms with van der Waals surface area (Å²) in [7, 11) is 0. The van der Waals surface area contributed by atoms with Crippen LogP contribution in [-0.4, -0.2) is 40.5 Å². The van der Waals surface area contributed by atoms with E-state index in [0.717, 1.165) is 17.2 Å². The first-order valence-corrected chi connectivity index (χ1v) is 8.05. The molecule has 0 bridgehead atoms. The van der Waals surface area contributed by atoms with E-state index in [2.05, 4.69) is 9.72 Å². The SMILES string of the molecule is C[C@@H](COC(N)=O)Oc1ncc(F)cc1CN1C(=O)c2ccccc2C1=O. The number of carbonyl (C=O) groups excluding carboxylic acids is 3. The number of carbonyl (C=O) groups is 3. The first-order valence-electron chi connectivity index (χ1n) is 8.05. The van der Waals surface area contributed by atoms with Crippen LogP contribution in [0.2, 0.25) is 0 Å². The summed E-state index contributed by atoms with van der Waals surface area (Å²) < 4.78 is 23.9. The fourth-order valence-corrected chi connectivity index (χ4v) is 2.67. The van der Waals surface area contributed by atoms with Gasteiger partial charge in [0.05, 0.1) is 23.9 Å². The van der Waals surface area contributed by atoms with Crippen LogP contribution in [0.15, 0.2) is 36.5 Å². The molecule has 0 spiro atoms. The molecule has 1 aromatic carbocycles. The zero-order chi connectivity index (χ0) is 19.6. The molecule has 1 atom stereocenters. The van der Waals surface area contributed by atoms with Gasteiger partial charge >= 0.3 is 6.09 Å². The first-order chi connectivity index (χ1) is 12.9. The van der Waals surface area contributed by atoms with Gasteiger partial charge in [0.15, 0.2) is 0 Å². The van der Waals surface area contributed by atoms with Crippen molar-refractivity contribution in [3.63, 3.8) is 0 Å². The fraction of sp³-hybridized carbons (Fsp3) is 0.222. The molecule has 27 heavy (non-hydrogen) atoms. The van der Waals surface area contributed by atoms with Crippen molar-refractivity contribution in [3.8, 4) is 5.88 Å². The van der Waals surface area contributed by atoms with Crippen LogP contribution in [0.25, 0.3) is 0 Å². The number of pyridine rings is 1. The van der Waals surface area contributed by atoms with Crippen molar-refractivity contribution in [2.75, 3.05) is 6.61 Å². The molecule has 0 saturated heterocycles. The van der Waals surface area contributed by atoms with Crippen molar-refractivity contribution in [1.29, 1.82) is 0 Å². The summed E-state index contributed by atoms with van der Waals surface area (Å²) in [5.41, 5.74) is 5.68. The van der Waals surface area contributed by atoms with E-state index in [0.29, 0.717) is 0 Å². The molecule has 0 aliphatic carbocycles. The maximum Gasteiger partial charge on any atom is 0.404 e. The monoisotopic (exact) mass is 373 g/mol. The standard InChI is InChI=1S/C18H16FN3O5/c1-10(9-26-18(20)25)27-15-11(6-12(19)7-21-15)8-22-16(23)13-4-2-3-5-14(13)17(22)24/h2-7,10H,8-9H2,1H3,(H2,20,25)/t10-/m0/s1. The lowest BCUT2D eigenvalue weighted by atomic mass is 10.1. The van der Waals surface area contributed by atoms with Crippen molar-refractivity contribution < 1.29 is 28.2 Å². The average molecular weight is 373 g/mol. The number of rotatable bonds is 6. The molecule has 1 aliphatic rings. The molecule has 2 heterocycles. The van der Waals surface area contributed by atoms with Gasteiger partial charge in [0.25, 0.3) is 11.8 Å². The highest BCUT2D eigenvalue weighted by Crippen LogP contribution is 2.27. The second-order valence-electron chi connectivity index (χ2n) is 5.92. The Morgan fingerprint density at radius 1 is 1.26 bits per heavy atom. The predicted molar refractivity (Wildman–Crippen MR) is 90.5 cm³/mol. The normalized spacial score (nSPS) is 14.1. The lowest BCUT2D eigenvalue weighted by Crippen LogP contribution is -2.30. The Bertz CT molecular complexity index is 883. The first kappa shape index (κ1) is 18.3. The van der Waals surface area contributed by atoms with E-state index < -0.39 is 29.8 Å². The van der Waals surface area contributed by atoms with Crippen LogP contribution < -0.4 is 10.5 Å². The number of amides is 3. The van der Waals surface area contributed by atoms with Crippen molar-refractivity contribution in [1.82, 2.24) is 9.88 Å². The molecule has 1 aliphatic heterocycles. The van der Waals surface area contributed by atoms with Crippen LogP contribution in [-0.2, 0) is 11.3 Å². The Kier molecular flexibility index (Phi) is 5.02. The molecule has 3 amide bonds. The van der Waals surface area contributed by atoms with Gasteiger partial charge in [-0.2, -0.15) is 0 Å². The van der Waals surface area contributed by atoms with E-state index in [-0.39, 0.29) is 35.7 Å². The van der Waals surface area contributed by atoms with Crippen LogP contribution in [0, 0.1) is 5.82 Å². The predicted octanol–water partition coefficient (Wildman–Crippen LogP) is 1.88. The van der Waals surface area contributed by atoms with Gasteiger partial charge in [-0.3, -0.25) is 14.5 Å². The largest absolute Gasteiger partial charge is 0.471 e. The maximum atomic E-state index is 13.7. The number of hydrogen-bond donors (Lipinski definition) is 1. The van der Waals surface area contributed by atoms with E-state index in [1.807, 2.05) is 0 Å². The van der Waals surface area contributed by atoms with Crippen LogP contribution in [0.3, 0.4) is 0 Å². The summed E-state index contributed by atoms with van der Waals surface area (Å²) in [6.07, 6.45) is -0.636. The Hall–Kier alpha value is -3.49. The zero-order valence-electron chi connectivity index (χ0n) is 14.3. The van der Waals surface area contributed by atoms with E-state index in [9.17, 15) is 18.8 Å². The molecule has 2 N–H and O–H groups in total. The van der Waals surface area contributed by atoms with Gasteiger partial charge in [0.2, 0.25) is 5.88 Å². The van der Waals surface area contributed by atoms with Crippen molar-refractivity contribution in [3.05, 3.63) is 59.0 Å². The summed E-state index contributed by atoms with van der Waals surface area (Å²) in [6.45, 7) is 1.25. The number of ether oxygens (including phenoxy) is 2. The smallest absolute Gasteiger partial charge is 0.404 e. The maximum absolute atomic E-state index is 13.7. The molecule has 0 radical (unpaired) electrons. The van der Waals surface area contributed by atoms with E-state index >= 15 is 0 Å². The lowest BCUT2D eigenvalue weighted by Gasteiger charge is -2.19. The highest BCUT2D eigenvalue weighted by atomic mass is 19.1. The van der Waals surface area contributed by atoms with E-state index in [4.69, 9.17) is 10.5 Å². The van der Waals surface area contributed by atoms with Crippen LogP contribution in [0.1, 0.15) is 33.2 Å². The van der Waals surface area contributed by atoms with Gasteiger partial charge in [-0.15, -0.1) is 0 Å². The topological polar surface area (TPSA) is 112 Å². The van der Waals surface area contributed by atoms with E-state index in [1.165, 1.54) is 0 Å². The van der Waals surface area contributed by atoms with Crippen LogP contribution in [0.5, 0.6) is 5.88 Å². The summed E-state index contributed by atoms with van der Waals surface area (Å²) in [5, 5.41) is 0.